The molecular formula is C21H23ClN4O6. The van der Waals surface area contributed by atoms with E-state index < -0.39 is 17.2 Å². The number of aryl methyl sites for hydroxylation is 2. The number of methoxy groups -OCH3 is 2. The molecule has 0 saturated carbocycles. The van der Waals surface area contributed by atoms with Gasteiger partial charge in [0.15, 0.2) is 22.7 Å². The quantitative estimate of drug-likeness (QED) is 0.285. The van der Waals surface area contributed by atoms with Crippen LogP contribution in [0.15, 0.2) is 34.1 Å². The van der Waals surface area contributed by atoms with Crippen molar-refractivity contribution in [1.82, 2.24) is 18.7 Å². The number of hydrogen-bond acceptors (Lipinski definition) is 7. The van der Waals surface area contributed by atoms with Crippen LogP contribution in [0.3, 0.4) is 0 Å². The van der Waals surface area contributed by atoms with Crippen molar-refractivity contribution in [3.05, 3.63) is 56.0 Å². The van der Waals surface area contributed by atoms with Gasteiger partial charge in [-0.15, -0.1) is 0 Å². The summed E-state index contributed by atoms with van der Waals surface area (Å²) < 4.78 is 19.6. The van der Waals surface area contributed by atoms with E-state index >= 15 is 0 Å². The second-order valence-corrected chi connectivity index (χ2v) is 7.33. The van der Waals surface area contributed by atoms with Gasteiger partial charge in [0.25, 0.3) is 5.56 Å². The van der Waals surface area contributed by atoms with Crippen molar-refractivity contribution in [1.29, 1.82) is 0 Å². The van der Waals surface area contributed by atoms with E-state index in [9.17, 15) is 14.4 Å². The lowest BCUT2D eigenvalue weighted by Crippen LogP contribution is -2.39. The highest BCUT2D eigenvalue weighted by Gasteiger charge is 2.14. The Bertz CT molecular complexity index is 1300. The van der Waals surface area contributed by atoms with Crippen molar-refractivity contribution in [3.8, 4) is 11.5 Å². The maximum absolute atomic E-state index is 12.6. The summed E-state index contributed by atoms with van der Waals surface area (Å²) >= 11 is 6.15. The SMILES string of the molecule is COc1cc(/C=C/C(=O)OCCCn2c(=O)c3c(ncn3C)n(C)c2=O)cc(Cl)c1OC. The Balaban J connectivity index is 1.62. The lowest BCUT2D eigenvalue weighted by Gasteiger charge is -2.10. The van der Waals surface area contributed by atoms with Crippen molar-refractivity contribution in [2.45, 2.75) is 13.0 Å². The van der Waals surface area contributed by atoms with Gasteiger partial charge in [-0.3, -0.25) is 13.9 Å². The van der Waals surface area contributed by atoms with Gasteiger partial charge in [-0.05, 0) is 30.2 Å². The average Bonchev–Trinajstić information content (AvgIpc) is 3.16. The summed E-state index contributed by atoms with van der Waals surface area (Å²) in [6.45, 7) is 0.143. The smallest absolute Gasteiger partial charge is 0.332 e. The third kappa shape index (κ3) is 4.54. The van der Waals surface area contributed by atoms with Gasteiger partial charge in [0, 0.05) is 26.7 Å². The number of esters is 1. The maximum Gasteiger partial charge on any atom is 0.332 e. The maximum atomic E-state index is 12.6. The summed E-state index contributed by atoms with van der Waals surface area (Å²) in [6.07, 6.45) is 4.56. The second kappa shape index (κ2) is 9.73. The summed E-state index contributed by atoms with van der Waals surface area (Å²) in [5, 5.41) is 0.345. The first-order valence-corrected chi connectivity index (χ1v) is 10.0. The van der Waals surface area contributed by atoms with Crippen molar-refractivity contribution in [2.75, 3.05) is 20.8 Å². The number of fused-ring (bicyclic) bond motifs is 1. The van der Waals surface area contributed by atoms with E-state index in [4.69, 9.17) is 25.8 Å². The second-order valence-electron chi connectivity index (χ2n) is 6.92. The average molecular weight is 463 g/mol. The monoisotopic (exact) mass is 462 g/mol. The molecular weight excluding hydrogens is 440 g/mol. The first-order chi connectivity index (χ1) is 15.3. The lowest BCUT2D eigenvalue weighted by atomic mass is 10.2. The molecule has 3 rings (SSSR count). The molecule has 0 fully saturated rings. The zero-order chi connectivity index (χ0) is 23.4. The number of ether oxygens (including phenoxy) is 3. The highest BCUT2D eigenvalue weighted by atomic mass is 35.5. The van der Waals surface area contributed by atoms with E-state index in [0.29, 0.717) is 39.7 Å². The van der Waals surface area contributed by atoms with E-state index in [1.54, 1.807) is 30.8 Å². The molecule has 0 saturated heterocycles. The van der Waals surface area contributed by atoms with E-state index in [2.05, 4.69) is 4.98 Å². The van der Waals surface area contributed by atoms with Gasteiger partial charge in [-0.1, -0.05) is 11.6 Å². The van der Waals surface area contributed by atoms with Crippen molar-refractivity contribution in [2.24, 2.45) is 14.1 Å². The molecule has 0 aliphatic heterocycles. The molecule has 0 amide bonds. The first kappa shape index (κ1) is 23.1. The molecule has 0 spiro atoms. The molecule has 0 radical (unpaired) electrons. The summed E-state index contributed by atoms with van der Waals surface area (Å²) in [5.41, 5.74) is 0.382. The Labute approximate surface area is 188 Å². The summed E-state index contributed by atoms with van der Waals surface area (Å²) in [7, 11) is 6.21. The number of hydrogen-bond donors (Lipinski definition) is 0. The van der Waals surface area contributed by atoms with Crippen LogP contribution in [0.25, 0.3) is 17.2 Å². The Morgan fingerprint density at radius 2 is 1.94 bits per heavy atom. The lowest BCUT2D eigenvalue weighted by molar-refractivity contribution is -0.137. The van der Waals surface area contributed by atoms with Crippen LogP contribution in [0.4, 0.5) is 0 Å². The van der Waals surface area contributed by atoms with E-state index in [1.807, 2.05) is 0 Å². The first-order valence-electron chi connectivity index (χ1n) is 9.65. The van der Waals surface area contributed by atoms with Gasteiger partial charge in [0.05, 0.1) is 32.2 Å². The van der Waals surface area contributed by atoms with Gasteiger partial charge in [0.2, 0.25) is 0 Å². The molecule has 32 heavy (non-hydrogen) atoms. The van der Waals surface area contributed by atoms with Gasteiger partial charge >= 0.3 is 11.7 Å². The molecule has 10 nitrogen and oxygen atoms in total. The molecule has 2 heterocycles. The van der Waals surface area contributed by atoms with E-state index in [1.165, 1.54) is 37.3 Å². The van der Waals surface area contributed by atoms with Crippen LogP contribution in [0.1, 0.15) is 12.0 Å². The van der Waals surface area contributed by atoms with Crippen LogP contribution >= 0.6 is 11.6 Å². The third-order valence-corrected chi connectivity index (χ3v) is 5.12. The predicted molar refractivity (Wildman–Crippen MR) is 119 cm³/mol. The number of carbonyl (C=O) groups is 1. The molecule has 11 heteroatoms. The Kier molecular flexibility index (Phi) is 7.04. The number of nitrogens with zero attached hydrogens (tertiary/aromatic N) is 4. The summed E-state index contributed by atoms with van der Waals surface area (Å²) in [4.78, 5) is 41.2. The zero-order valence-corrected chi connectivity index (χ0v) is 18.9. The highest BCUT2D eigenvalue weighted by molar-refractivity contribution is 6.32. The van der Waals surface area contributed by atoms with Crippen molar-refractivity contribution in [3.63, 3.8) is 0 Å². The Hall–Kier alpha value is -3.53. The molecule has 1 aromatic carbocycles. The fourth-order valence-electron chi connectivity index (χ4n) is 3.24. The third-order valence-electron chi connectivity index (χ3n) is 4.84. The Morgan fingerprint density at radius 3 is 2.62 bits per heavy atom. The zero-order valence-electron chi connectivity index (χ0n) is 18.1. The highest BCUT2D eigenvalue weighted by Crippen LogP contribution is 2.36. The fourth-order valence-corrected chi connectivity index (χ4v) is 3.53. The Morgan fingerprint density at radius 1 is 1.19 bits per heavy atom. The van der Waals surface area contributed by atoms with Gasteiger partial charge < -0.3 is 18.8 Å². The van der Waals surface area contributed by atoms with E-state index in [0.717, 1.165) is 4.57 Å². The van der Waals surface area contributed by atoms with E-state index in [-0.39, 0.29) is 13.2 Å². The van der Waals surface area contributed by atoms with Gasteiger partial charge in [-0.2, -0.15) is 0 Å². The largest absolute Gasteiger partial charge is 0.493 e. The van der Waals surface area contributed by atoms with Crippen molar-refractivity contribution >= 4 is 34.8 Å². The molecule has 0 aliphatic rings. The summed E-state index contributed by atoms with van der Waals surface area (Å²) in [5.74, 6) is 0.267. The number of aromatic nitrogens is 4. The molecule has 3 aromatic rings. The van der Waals surface area contributed by atoms with Crippen molar-refractivity contribution < 1.29 is 19.0 Å². The normalized spacial score (nSPS) is 11.3. The molecule has 0 unspecified atom stereocenters. The molecule has 170 valence electrons. The molecule has 2 aromatic heterocycles. The molecule has 0 N–H and O–H groups in total. The molecule has 0 bridgehead atoms. The van der Waals surface area contributed by atoms with Crippen LogP contribution < -0.4 is 20.7 Å². The van der Waals surface area contributed by atoms with Gasteiger partial charge in [-0.25, -0.2) is 14.6 Å². The number of carbonyl (C=O) groups excluding carboxylic acids is 1. The number of benzene rings is 1. The molecule has 0 atom stereocenters. The topological polar surface area (TPSA) is 107 Å². The van der Waals surface area contributed by atoms with Crippen LogP contribution in [0.5, 0.6) is 11.5 Å². The minimum Gasteiger partial charge on any atom is -0.493 e. The predicted octanol–water partition coefficient (Wildman–Crippen LogP) is 1.75. The van der Waals surface area contributed by atoms with Crippen LogP contribution in [-0.4, -0.2) is 45.5 Å². The number of rotatable bonds is 8. The van der Waals surface area contributed by atoms with Crippen LogP contribution in [0, 0.1) is 0 Å². The fraction of sp³-hybridized carbons (Fsp3) is 0.333. The number of halogens is 1. The molecule has 0 aliphatic carbocycles. The minimum absolute atomic E-state index is 0.0366. The minimum atomic E-state index is -0.571. The number of imidazole rings is 1. The van der Waals surface area contributed by atoms with Crippen LogP contribution in [0.2, 0.25) is 5.02 Å². The van der Waals surface area contributed by atoms with Crippen LogP contribution in [-0.2, 0) is 30.2 Å². The van der Waals surface area contributed by atoms with Gasteiger partial charge in [0.1, 0.15) is 0 Å². The standard InChI is InChI=1S/C21H23ClN4O6/c1-24-12-23-19-17(24)20(28)26(21(29)25(19)2)8-5-9-32-16(27)7-6-13-10-14(22)18(31-4)15(11-13)30-3/h6-7,10-12H,5,8-9H2,1-4H3/b7-6+. The summed E-state index contributed by atoms with van der Waals surface area (Å²) in [6, 6.07) is 3.30.